The van der Waals surface area contributed by atoms with Crippen LogP contribution >= 0.6 is 0 Å². The van der Waals surface area contributed by atoms with Crippen molar-refractivity contribution in [1.29, 1.82) is 0 Å². The van der Waals surface area contributed by atoms with Crippen molar-refractivity contribution >= 4 is 43.9 Å². The lowest BCUT2D eigenvalue weighted by atomic mass is 10.1. The van der Waals surface area contributed by atoms with E-state index >= 15 is 0 Å². The second kappa shape index (κ2) is 6.63. The minimum absolute atomic E-state index is 0.000874. The van der Waals surface area contributed by atoms with E-state index in [4.69, 9.17) is 8.83 Å². The number of para-hydroxylation sites is 1. The van der Waals surface area contributed by atoms with Gasteiger partial charge in [-0.2, -0.15) is 0 Å². The second-order valence-corrected chi connectivity index (χ2v) is 6.90. The first-order chi connectivity index (χ1) is 14.5. The maximum atomic E-state index is 9.72. The van der Waals surface area contributed by atoms with Crippen LogP contribution in [0.4, 0.5) is 0 Å². The van der Waals surface area contributed by atoms with Crippen LogP contribution < -0.4 is 0 Å². The van der Waals surface area contributed by atoms with E-state index < -0.39 is 0 Å². The van der Waals surface area contributed by atoms with Gasteiger partial charge in [-0.15, -0.1) is 0 Å². The molecule has 6 rings (SSSR count). The second-order valence-electron chi connectivity index (χ2n) is 6.90. The van der Waals surface area contributed by atoms with Crippen molar-refractivity contribution in [3.8, 4) is 23.0 Å². The number of phenolic OH excluding ortho intramolecular Hbond substituents is 4. The molecule has 0 aliphatic carbocycles. The lowest BCUT2D eigenvalue weighted by Gasteiger charge is -1.95. The monoisotopic (exact) mass is 400 g/mol. The molecule has 0 amide bonds. The van der Waals surface area contributed by atoms with E-state index in [-0.39, 0.29) is 23.0 Å². The summed E-state index contributed by atoms with van der Waals surface area (Å²) < 4.78 is 11.0. The van der Waals surface area contributed by atoms with Gasteiger partial charge in [-0.05, 0) is 30.3 Å². The summed E-state index contributed by atoms with van der Waals surface area (Å²) in [6, 6.07) is 20.2. The van der Waals surface area contributed by atoms with E-state index in [1.807, 2.05) is 24.3 Å². The molecule has 0 aliphatic rings. The first-order valence-corrected chi connectivity index (χ1v) is 9.17. The van der Waals surface area contributed by atoms with Crippen molar-refractivity contribution in [1.82, 2.24) is 0 Å². The third kappa shape index (κ3) is 2.91. The van der Waals surface area contributed by atoms with Gasteiger partial charge in [-0.3, -0.25) is 0 Å². The Morgan fingerprint density at radius 1 is 0.467 bits per heavy atom. The standard InChI is InChI=1S/2C12H8O3/c13-7-1-3-9-10-4-2-8(14)6-12(10)15-11(9)5-7;13-7-5-9(14)12-8-3-1-2-4-10(8)15-11(12)6-7/h2*1-6,13-14H. The molecule has 0 saturated heterocycles. The Hall–Kier alpha value is -4.32. The number of rotatable bonds is 0. The summed E-state index contributed by atoms with van der Waals surface area (Å²) in [7, 11) is 0. The molecule has 0 spiro atoms. The van der Waals surface area contributed by atoms with Gasteiger partial charge >= 0.3 is 0 Å². The lowest BCUT2D eigenvalue weighted by Crippen LogP contribution is -1.69. The van der Waals surface area contributed by atoms with Crippen molar-refractivity contribution in [3.63, 3.8) is 0 Å². The summed E-state index contributed by atoms with van der Waals surface area (Å²) in [4.78, 5) is 0. The van der Waals surface area contributed by atoms with Crippen LogP contribution in [0.2, 0.25) is 0 Å². The molecule has 0 aliphatic heterocycles. The third-order valence-corrected chi connectivity index (χ3v) is 4.88. The molecule has 2 aromatic heterocycles. The highest BCUT2D eigenvalue weighted by atomic mass is 16.3. The molecule has 30 heavy (non-hydrogen) atoms. The Balaban J connectivity index is 0.000000128. The van der Waals surface area contributed by atoms with E-state index in [1.54, 1.807) is 36.4 Å². The number of hydrogen-bond donors (Lipinski definition) is 4. The molecule has 0 radical (unpaired) electrons. The Morgan fingerprint density at radius 3 is 1.70 bits per heavy atom. The molecule has 0 unspecified atom stereocenters. The minimum Gasteiger partial charge on any atom is -0.508 e. The SMILES string of the molecule is Oc1cc(O)c2c(c1)oc1ccccc12.Oc1ccc2c(c1)oc1cc(O)ccc12. The Kier molecular flexibility index (Phi) is 3.93. The third-order valence-electron chi connectivity index (χ3n) is 4.88. The number of benzene rings is 4. The zero-order valence-electron chi connectivity index (χ0n) is 15.5. The van der Waals surface area contributed by atoms with Crippen molar-refractivity contribution in [3.05, 3.63) is 72.8 Å². The van der Waals surface area contributed by atoms with Crippen LogP contribution in [0.15, 0.2) is 81.6 Å². The number of fused-ring (bicyclic) bond motifs is 6. The molecule has 6 nitrogen and oxygen atoms in total. The summed E-state index contributed by atoms with van der Waals surface area (Å²) in [6.45, 7) is 0. The summed E-state index contributed by atoms with van der Waals surface area (Å²) in [6.07, 6.45) is 0. The van der Waals surface area contributed by atoms with Crippen LogP contribution in [-0.2, 0) is 0 Å². The summed E-state index contributed by atoms with van der Waals surface area (Å²) >= 11 is 0. The molecule has 6 heteroatoms. The maximum Gasteiger partial charge on any atom is 0.142 e. The minimum atomic E-state index is -0.000874. The summed E-state index contributed by atoms with van der Waals surface area (Å²) in [5.41, 5.74) is 2.44. The number of phenols is 4. The van der Waals surface area contributed by atoms with Gasteiger partial charge in [0.2, 0.25) is 0 Å². The first-order valence-electron chi connectivity index (χ1n) is 9.17. The van der Waals surface area contributed by atoms with E-state index in [9.17, 15) is 20.4 Å². The molecule has 0 bridgehead atoms. The van der Waals surface area contributed by atoms with Crippen molar-refractivity contribution in [2.45, 2.75) is 0 Å². The highest BCUT2D eigenvalue weighted by Crippen LogP contribution is 2.37. The van der Waals surface area contributed by atoms with Crippen molar-refractivity contribution in [2.75, 3.05) is 0 Å². The smallest absolute Gasteiger partial charge is 0.142 e. The van der Waals surface area contributed by atoms with Crippen molar-refractivity contribution < 1.29 is 29.3 Å². The highest BCUT2D eigenvalue weighted by molar-refractivity contribution is 6.08. The highest BCUT2D eigenvalue weighted by Gasteiger charge is 2.11. The van der Waals surface area contributed by atoms with Gasteiger partial charge in [0.25, 0.3) is 0 Å². The van der Waals surface area contributed by atoms with Gasteiger partial charge in [0, 0.05) is 40.4 Å². The van der Waals surface area contributed by atoms with Gasteiger partial charge in [0.15, 0.2) is 0 Å². The average molecular weight is 400 g/mol. The fraction of sp³-hybridized carbons (Fsp3) is 0. The van der Waals surface area contributed by atoms with Crippen LogP contribution in [0.3, 0.4) is 0 Å². The molecule has 0 saturated carbocycles. The average Bonchev–Trinajstić information content (AvgIpc) is 3.24. The molecule has 0 atom stereocenters. The maximum absolute atomic E-state index is 9.72. The normalized spacial score (nSPS) is 11.2. The molecule has 4 aromatic carbocycles. The Morgan fingerprint density at radius 2 is 1.03 bits per heavy atom. The van der Waals surface area contributed by atoms with E-state index in [0.717, 1.165) is 16.2 Å². The zero-order chi connectivity index (χ0) is 20.8. The first kappa shape index (κ1) is 17.8. The largest absolute Gasteiger partial charge is 0.508 e. The van der Waals surface area contributed by atoms with Crippen LogP contribution in [0.1, 0.15) is 0 Å². The molecular weight excluding hydrogens is 384 g/mol. The fourth-order valence-corrected chi connectivity index (χ4v) is 3.57. The van der Waals surface area contributed by atoms with Crippen LogP contribution in [0.5, 0.6) is 23.0 Å². The summed E-state index contributed by atoms with van der Waals surface area (Å²) in [5.74, 6) is 0.380. The number of furan rings is 2. The van der Waals surface area contributed by atoms with Gasteiger partial charge in [-0.1, -0.05) is 18.2 Å². The Bertz CT molecular complexity index is 1480. The molecule has 4 N–H and O–H groups in total. The molecule has 148 valence electrons. The number of aromatic hydroxyl groups is 4. The molecule has 0 fully saturated rings. The van der Waals surface area contributed by atoms with E-state index in [0.29, 0.717) is 27.7 Å². The topological polar surface area (TPSA) is 107 Å². The molecule has 6 aromatic rings. The fourth-order valence-electron chi connectivity index (χ4n) is 3.57. The van der Waals surface area contributed by atoms with Crippen molar-refractivity contribution in [2.24, 2.45) is 0 Å². The lowest BCUT2D eigenvalue weighted by molar-refractivity contribution is 0.454. The van der Waals surface area contributed by atoms with E-state index in [2.05, 4.69) is 0 Å². The van der Waals surface area contributed by atoms with Crippen LogP contribution in [-0.4, -0.2) is 20.4 Å². The van der Waals surface area contributed by atoms with Gasteiger partial charge in [0.1, 0.15) is 45.3 Å². The summed E-state index contributed by atoms with van der Waals surface area (Å²) in [5, 5.41) is 41.0. The number of hydrogen-bond acceptors (Lipinski definition) is 6. The molecular formula is C24H16O6. The molecule has 2 heterocycles. The van der Waals surface area contributed by atoms with Crippen LogP contribution in [0.25, 0.3) is 43.9 Å². The van der Waals surface area contributed by atoms with E-state index in [1.165, 1.54) is 12.1 Å². The quantitative estimate of drug-likeness (QED) is 0.249. The van der Waals surface area contributed by atoms with Gasteiger partial charge in [-0.25, -0.2) is 0 Å². The predicted octanol–water partition coefficient (Wildman–Crippen LogP) is 5.99. The van der Waals surface area contributed by atoms with Gasteiger partial charge < -0.3 is 29.3 Å². The van der Waals surface area contributed by atoms with Gasteiger partial charge in [0.05, 0.1) is 5.39 Å². The zero-order valence-corrected chi connectivity index (χ0v) is 15.5. The Labute approximate surface area is 169 Å². The predicted molar refractivity (Wildman–Crippen MR) is 114 cm³/mol. The van der Waals surface area contributed by atoms with Crippen LogP contribution in [0, 0.1) is 0 Å².